The van der Waals surface area contributed by atoms with Gasteiger partial charge in [-0.1, -0.05) is 6.92 Å². The molecule has 5 heteroatoms. The molecule has 0 aliphatic heterocycles. The fourth-order valence-electron chi connectivity index (χ4n) is 1.34. The van der Waals surface area contributed by atoms with Gasteiger partial charge in [0, 0.05) is 13.0 Å². The molecule has 1 rings (SSSR count). The van der Waals surface area contributed by atoms with Crippen LogP contribution < -0.4 is 0 Å². The van der Waals surface area contributed by atoms with E-state index in [1.54, 1.807) is 6.92 Å². The summed E-state index contributed by atoms with van der Waals surface area (Å²) in [5, 5.41) is 18.6. The smallest absolute Gasteiger partial charge is 0.339 e. The number of aliphatic hydroxyl groups excluding tert-OH is 1. The first kappa shape index (κ1) is 11.7. The minimum atomic E-state index is -1.11. The van der Waals surface area contributed by atoms with Gasteiger partial charge in [0.1, 0.15) is 17.4 Å². The minimum absolute atomic E-state index is 0.00884. The van der Waals surface area contributed by atoms with Crippen LogP contribution in [-0.4, -0.2) is 29.9 Å². The molecule has 2 N–H and O–H groups in total. The summed E-state index contributed by atoms with van der Waals surface area (Å²) in [4.78, 5) is 10.8. The molecule has 2 unspecified atom stereocenters. The molecule has 0 bridgehead atoms. The van der Waals surface area contributed by atoms with Gasteiger partial charge in [0.15, 0.2) is 0 Å². The molecular formula is C10H14O5. The lowest BCUT2D eigenvalue weighted by atomic mass is 10.0. The van der Waals surface area contributed by atoms with Crippen LogP contribution in [0, 0.1) is 5.92 Å². The second-order valence-corrected chi connectivity index (χ2v) is 3.38. The van der Waals surface area contributed by atoms with E-state index in [1.807, 2.05) is 0 Å². The van der Waals surface area contributed by atoms with E-state index in [4.69, 9.17) is 14.3 Å². The fraction of sp³-hybridized carbons (Fsp3) is 0.500. The van der Waals surface area contributed by atoms with Gasteiger partial charge in [0.25, 0.3) is 0 Å². The average Bonchev–Trinajstić information content (AvgIpc) is 2.65. The van der Waals surface area contributed by atoms with E-state index in [2.05, 4.69) is 0 Å². The maximum Gasteiger partial charge on any atom is 0.339 e. The lowest BCUT2D eigenvalue weighted by Crippen LogP contribution is -2.16. The topological polar surface area (TPSA) is 79.9 Å². The molecule has 1 aromatic rings. The number of ether oxygens (including phenoxy) is 1. The Hall–Kier alpha value is -1.33. The van der Waals surface area contributed by atoms with Gasteiger partial charge in [-0.3, -0.25) is 0 Å². The number of carboxylic acids is 1. The van der Waals surface area contributed by atoms with E-state index in [9.17, 15) is 9.90 Å². The maximum atomic E-state index is 10.8. The van der Waals surface area contributed by atoms with Crippen LogP contribution in [0.3, 0.4) is 0 Å². The maximum absolute atomic E-state index is 10.8. The van der Waals surface area contributed by atoms with Gasteiger partial charge in [-0.2, -0.15) is 0 Å². The molecule has 1 heterocycles. The molecule has 5 nitrogen and oxygen atoms in total. The lowest BCUT2D eigenvalue weighted by Gasteiger charge is -2.16. The van der Waals surface area contributed by atoms with Crippen LogP contribution in [0.4, 0.5) is 0 Å². The van der Waals surface area contributed by atoms with Gasteiger partial charge >= 0.3 is 5.97 Å². The van der Waals surface area contributed by atoms with Gasteiger partial charge in [-0.25, -0.2) is 4.79 Å². The zero-order valence-corrected chi connectivity index (χ0v) is 8.64. The van der Waals surface area contributed by atoms with Crippen molar-refractivity contribution >= 4 is 5.97 Å². The second-order valence-electron chi connectivity index (χ2n) is 3.38. The van der Waals surface area contributed by atoms with Crippen molar-refractivity contribution in [2.75, 3.05) is 13.7 Å². The van der Waals surface area contributed by atoms with Crippen molar-refractivity contribution in [3.05, 3.63) is 23.7 Å². The summed E-state index contributed by atoms with van der Waals surface area (Å²) < 4.78 is 9.84. The first-order chi connectivity index (χ1) is 7.07. The van der Waals surface area contributed by atoms with Crippen LogP contribution in [0.5, 0.6) is 0 Å². The van der Waals surface area contributed by atoms with Crippen LogP contribution in [0.15, 0.2) is 16.7 Å². The molecular weight excluding hydrogens is 200 g/mol. The summed E-state index contributed by atoms with van der Waals surface area (Å²) in [7, 11) is 1.52. The Kier molecular flexibility index (Phi) is 3.88. The zero-order chi connectivity index (χ0) is 11.4. The summed E-state index contributed by atoms with van der Waals surface area (Å²) in [6.45, 7) is 2.09. The SMILES string of the molecule is COCC(C)C(O)c1occc1C(=O)O. The summed E-state index contributed by atoms with van der Waals surface area (Å²) in [6.07, 6.45) is 0.285. The van der Waals surface area contributed by atoms with Gasteiger partial charge in [-0.05, 0) is 6.07 Å². The number of hydrogen-bond acceptors (Lipinski definition) is 4. The molecule has 1 aromatic heterocycles. The highest BCUT2D eigenvalue weighted by Crippen LogP contribution is 2.26. The molecule has 0 radical (unpaired) electrons. The number of aliphatic hydroxyl groups is 1. The third kappa shape index (κ3) is 2.57. The van der Waals surface area contributed by atoms with Gasteiger partial charge in [0.2, 0.25) is 0 Å². The van der Waals surface area contributed by atoms with E-state index in [0.29, 0.717) is 6.61 Å². The Bertz CT molecular complexity index is 330. The van der Waals surface area contributed by atoms with Crippen molar-refractivity contribution in [2.24, 2.45) is 5.92 Å². The third-order valence-corrected chi connectivity index (χ3v) is 2.16. The molecule has 0 aromatic carbocycles. The zero-order valence-electron chi connectivity index (χ0n) is 8.64. The van der Waals surface area contributed by atoms with Crippen molar-refractivity contribution in [3.8, 4) is 0 Å². The first-order valence-corrected chi connectivity index (χ1v) is 4.55. The predicted octanol–water partition coefficient (Wildman–Crippen LogP) is 1.29. The summed E-state index contributed by atoms with van der Waals surface area (Å²) in [5.41, 5.74) is -0.00884. The first-order valence-electron chi connectivity index (χ1n) is 4.55. The molecule has 15 heavy (non-hydrogen) atoms. The van der Waals surface area contributed by atoms with E-state index in [1.165, 1.54) is 19.4 Å². The van der Waals surface area contributed by atoms with Crippen molar-refractivity contribution in [1.82, 2.24) is 0 Å². The predicted molar refractivity (Wildman–Crippen MR) is 51.7 cm³/mol. The molecule has 0 amide bonds. The molecule has 0 aliphatic carbocycles. The van der Waals surface area contributed by atoms with Gasteiger partial charge in [-0.15, -0.1) is 0 Å². The van der Waals surface area contributed by atoms with Crippen LogP contribution in [-0.2, 0) is 4.74 Å². The quantitative estimate of drug-likeness (QED) is 0.772. The largest absolute Gasteiger partial charge is 0.478 e. The molecule has 2 atom stereocenters. The highest BCUT2D eigenvalue weighted by atomic mass is 16.5. The Morgan fingerprint density at radius 1 is 1.67 bits per heavy atom. The Morgan fingerprint density at radius 2 is 2.33 bits per heavy atom. The summed E-state index contributed by atoms with van der Waals surface area (Å²) >= 11 is 0. The van der Waals surface area contributed by atoms with Crippen molar-refractivity contribution in [3.63, 3.8) is 0 Å². The fourth-order valence-corrected chi connectivity index (χ4v) is 1.34. The second kappa shape index (κ2) is 4.95. The molecule has 0 aliphatic rings. The lowest BCUT2D eigenvalue weighted by molar-refractivity contribution is 0.0405. The number of hydrogen-bond donors (Lipinski definition) is 2. The molecule has 0 fully saturated rings. The highest BCUT2D eigenvalue weighted by Gasteiger charge is 2.25. The number of furan rings is 1. The minimum Gasteiger partial charge on any atom is -0.478 e. The van der Waals surface area contributed by atoms with Gasteiger partial charge in [0.05, 0.1) is 12.9 Å². The number of rotatable bonds is 5. The van der Waals surface area contributed by atoms with Crippen LogP contribution in [0.1, 0.15) is 29.1 Å². The standard InChI is InChI=1S/C10H14O5/c1-6(5-14-2)8(11)9-7(10(12)13)3-4-15-9/h3-4,6,8,11H,5H2,1-2H3,(H,12,13). The van der Waals surface area contributed by atoms with Crippen LogP contribution >= 0.6 is 0 Å². The van der Waals surface area contributed by atoms with E-state index < -0.39 is 12.1 Å². The van der Waals surface area contributed by atoms with Crippen molar-refractivity contribution in [2.45, 2.75) is 13.0 Å². The molecule has 0 spiro atoms. The molecule has 84 valence electrons. The summed E-state index contributed by atoms with van der Waals surface area (Å²) in [6, 6.07) is 1.32. The summed E-state index contributed by atoms with van der Waals surface area (Å²) in [5.74, 6) is -1.26. The Balaban J connectivity index is 2.85. The third-order valence-electron chi connectivity index (χ3n) is 2.16. The van der Waals surface area contributed by atoms with E-state index >= 15 is 0 Å². The molecule has 0 saturated carbocycles. The van der Waals surface area contributed by atoms with Gasteiger partial charge < -0.3 is 19.4 Å². The molecule has 0 saturated heterocycles. The number of methoxy groups -OCH3 is 1. The van der Waals surface area contributed by atoms with Crippen LogP contribution in [0.25, 0.3) is 0 Å². The monoisotopic (exact) mass is 214 g/mol. The number of carboxylic acid groups (broad SMARTS) is 1. The Morgan fingerprint density at radius 3 is 2.87 bits per heavy atom. The van der Waals surface area contributed by atoms with Crippen molar-refractivity contribution < 1.29 is 24.2 Å². The Labute approximate surface area is 87.3 Å². The van der Waals surface area contributed by atoms with Crippen molar-refractivity contribution in [1.29, 1.82) is 0 Å². The normalized spacial score (nSPS) is 14.9. The van der Waals surface area contributed by atoms with Crippen LogP contribution in [0.2, 0.25) is 0 Å². The average molecular weight is 214 g/mol. The number of carbonyl (C=O) groups is 1. The van der Waals surface area contributed by atoms with E-state index in [-0.39, 0.29) is 17.2 Å². The highest BCUT2D eigenvalue weighted by molar-refractivity contribution is 5.88. The van der Waals surface area contributed by atoms with E-state index in [0.717, 1.165) is 0 Å². The number of aromatic carboxylic acids is 1.